The van der Waals surface area contributed by atoms with Crippen molar-refractivity contribution in [1.82, 2.24) is 4.90 Å². The monoisotopic (exact) mass is 209 g/mol. The number of hydrogen-bond donors (Lipinski definition) is 0. The van der Waals surface area contributed by atoms with Crippen molar-refractivity contribution in [2.45, 2.75) is 39.0 Å². The van der Waals surface area contributed by atoms with Gasteiger partial charge in [0.1, 0.15) is 6.29 Å². The molecule has 86 valence electrons. The van der Waals surface area contributed by atoms with Crippen molar-refractivity contribution in [2.24, 2.45) is 17.3 Å². The van der Waals surface area contributed by atoms with Gasteiger partial charge in [-0.15, -0.1) is 0 Å². The maximum Gasteiger partial charge on any atom is 0.127 e. The van der Waals surface area contributed by atoms with Crippen LogP contribution in [0.3, 0.4) is 0 Å². The van der Waals surface area contributed by atoms with Crippen LogP contribution in [0, 0.1) is 17.3 Å². The molecule has 0 aromatic carbocycles. The van der Waals surface area contributed by atoms with Crippen LogP contribution >= 0.6 is 0 Å². The first-order valence-corrected chi connectivity index (χ1v) is 6.30. The fourth-order valence-electron chi connectivity index (χ4n) is 3.05. The molecule has 0 aliphatic heterocycles. The molecule has 2 unspecified atom stereocenters. The number of rotatable bonds is 5. The van der Waals surface area contributed by atoms with E-state index in [2.05, 4.69) is 18.9 Å². The second-order valence-electron chi connectivity index (χ2n) is 5.86. The molecule has 0 aromatic rings. The molecule has 0 aromatic heterocycles. The van der Waals surface area contributed by atoms with E-state index in [0.29, 0.717) is 0 Å². The Labute approximate surface area is 93.0 Å². The van der Waals surface area contributed by atoms with Crippen molar-refractivity contribution in [3.05, 3.63) is 0 Å². The molecule has 2 aliphatic carbocycles. The molecule has 2 fully saturated rings. The third-order valence-electron chi connectivity index (χ3n) is 4.26. The molecule has 0 heterocycles. The van der Waals surface area contributed by atoms with E-state index in [1.54, 1.807) is 0 Å². The Kier molecular flexibility index (Phi) is 3.15. The molecule has 2 heteroatoms. The molecule has 0 saturated heterocycles. The molecule has 0 spiro atoms. The predicted octanol–water partition coefficient (Wildman–Crippen LogP) is 2.33. The van der Waals surface area contributed by atoms with E-state index in [1.165, 1.54) is 32.1 Å². The van der Waals surface area contributed by atoms with Crippen molar-refractivity contribution < 1.29 is 4.79 Å². The number of carbonyl (C=O) groups is 1. The lowest BCUT2D eigenvalue weighted by molar-refractivity contribution is -0.116. The fourth-order valence-corrected chi connectivity index (χ4v) is 3.05. The van der Waals surface area contributed by atoms with Crippen LogP contribution in [0.4, 0.5) is 0 Å². The van der Waals surface area contributed by atoms with Gasteiger partial charge >= 0.3 is 0 Å². The Morgan fingerprint density at radius 1 is 1.40 bits per heavy atom. The minimum absolute atomic E-state index is 0.00682. The van der Waals surface area contributed by atoms with Gasteiger partial charge in [-0.25, -0.2) is 0 Å². The first-order chi connectivity index (χ1) is 7.15. The molecule has 2 aliphatic rings. The lowest BCUT2D eigenvalue weighted by Gasteiger charge is -2.28. The van der Waals surface area contributed by atoms with Crippen LogP contribution in [0.2, 0.25) is 0 Å². The fraction of sp³-hybridized carbons (Fsp3) is 0.923. The van der Waals surface area contributed by atoms with Crippen molar-refractivity contribution in [3.8, 4) is 0 Å². The minimum Gasteiger partial charge on any atom is -0.305 e. The number of hydrogen-bond acceptors (Lipinski definition) is 2. The molecule has 0 bridgehead atoms. The number of carbonyl (C=O) groups excluding carboxylic acids is 1. The summed E-state index contributed by atoms with van der Waals surface area (Å²) in [6.45, 7) is 4.50. The zero-order valence-corrected chi connectivity index (χ0v) is 10.0. The Hall–Kier alpha value is -0.370. The largest absolute Gasteiger partial charge is 0.305 e. The van der Waals surface area contributed by atoms with Crippen LogP contribution in [0.5, 0.6) is 0 Å². The van der Waals surface area contributed by atoms with Crippen LogP contribution < -0.4 is 0 Å². The first kappa shape index (κ1) is 11.1. The Balaban J connectivity index is 1.80. The van der Waals surface area contributed by atoms with Crippen LogP contribution in [0.25, 0.3) is 0 Å². The minimum atomic E-state index is 0.00682. The van der Waals surface area contributed by atoms with Crippen LogP contribution in [0.15, 0.2) is 0 Å². The standard InChI is InChI=1S/C13H23NO/c1-11-7-12(11)8-14(2)9-13(10-15)5-3-4-6-13/h10-12H,3-9H2,1-2H3. The van der Waals surface area contributed by atoms with Gasteiger partial charge < -0.3 is 9.69 Å². The maximum atomic E-state index is 11.2. The van der Waals surface area contributed by atoms with Crippen molar-refractivity contribution >= 4 is 6.29 Å². The van der Waals surface area contributed by atoms with E-state index in [9.17, 15) is 4.79 Å². The van der Waals surface area contributed by atoms with Crippen molar-refractivity contribution in [1.29, 1.82) is 0 Å². The van der Waals surface area contributed by atoms with Crippen LogP contribution in [-0.2, 0) is 4.79 Å². The summed E-state index contributed by atoms with van der Waals surface area (Å²) in [7, 11) is 2.18. The third-order valence-corrected chi connectivity index (χ3v) is 4.26. The topological polar surface area (TPSA) is 20.3 Å². The highest BCUT2D eigenvalue weighted by atomic mass is 16.1. The van der Waals surface area contributed by atoms with E-state index in [-0.39, 0.29) is 5.41 Å². The molecule has 0 radical (unpaired) electrons. The van der Waals surface area contributed by atoms with Gasteiger partial charge in [0.05, 0.1) is 0 Å². The predicted molar refractivity (Wildman–Crippen MR) is 61.7 cm³/mol. The lowest BCUT2D eigenvalue weighted by Crippen LogP contribution is -2.36. The van der Waals surface area contributed by atoms with Crippen molar-refractivity contribution in [2.75, 3.05) is 20.1 Å². The maximum absolute atomic E-state index is 11.2. The zero-order chi connectivity index (χ0) is 10.9. The summed E-state index contributed by atoms with van der Waals surface area (Å²) in [6, 6.07) is 0. The zero-order valence-electron chi connectivity index (χ0n) is 10.0. The smallest absolute Gasteiger partial charge is 0.127 e. The lowest BCUT2D eigenvalue weighted by atomic mass is 9.87. The summed E-state index contributed by atoms with van der Waals surface area (Å²) in [5.41, 5.74) is 0.00682. The van der Waals surface area contributed by atoms with Crippen LogP contribution in [-0.4, -0.2) is 31.3 Å². The first-order valence-electron chi connectivity index (χ1n) is 6.30. The van der Waals surface area contributed by atoms with E-state index in [4.69, 9.17) is 0 Å². The van der Waals surface area contributed by atoms with Gasteiger partial charge in [0.15, 0.2) is 0 Å². The van der Waals surface area contributed by atoms with Gasteiger partial charge in [0.25, 0.3) is 0 Å². The SMILES string of the molecule is CC1CC1CN(C)CC1(C=O)CCCC1. The molecule has 15 heavy (non-hydrogen) atoms. The summed E-state index contributed by atoms with van der Waals surface area (Å²) in [6.07, 6.45) is 7.33. The van der Waals surface area contributed by atoms with Gasteiger partial charge in [0.2, 0.25) is 0 Å². The van der Waals surface area contributed by atoms with E-state index in [1.807, 2.05) is 0 Å². The second kappa shape index (κ2) is 4.25. The highest BCUT2D eigenvalue weighted by Gasteiger charge is 2.37. The van der Waals surface area contributed by atoms with Gasteiger partial charge in [-0.1, -0.05) is 19.8 Å². The van der Waals surface area contributed by atoms with Crippen LogP contribution in [0.1, 0.15) is 39.0 Å². The molecular formula is C13H23NO. The Bertz CT molecular complexity index is 233. The van der Waals surface area contributed by atoms with Gasteiger partial charge in [-0.2, -0.15) is 0 Å². The molecule has 2 nitrogen and oxygen atoms in total. The van der Waals surface area contributed by atoms with E-state index < -0.39 is 0 Å². The average Bonchev–Trinajstić information content (AvgIpc) is 2.71. The van der Waals surface area contributed by atoms with Gasteiger partial charge in [0, 0.05) is 18.5 Å². The number of nitrogens with zero attached hydrogens (tertiary/aromatic N) is 1. The highest BCUT2D eigenvalue weighted by molar-refractivity contribution is 5.60. The van der Waals surface area contributed by atoms with Gasteiger partial charge in [-0.05, 0) is 38.1 Å². The third kappa shape index (κ3) is 2.60. The summed E-state index contributed by atoms with van der Waals surface area (Å²) in [4.78, 5) is 13.6. The molecular weight excluding hydrogens is 186 g/mol. The van der Waals surface area contributed by atoms with Crippen molar-refractivity contribution in [3.63, 3.8) is 0 Å². The summed E-state index contributed by atoms with van der Waals surface area (Å²) in [5, 5.41) is 0. The molecule has 2 atom stereocenters. The average molecular weight is 209 g/mol. The van der Waals surface area contributed by atoms with Gasteiger partial charge in [-0.3, -0.25) is 0 Å². The quantitative estimate of drug-likeness (QED) is 0.648. The summed E-state index contributed by atoms with van der Waals surface area (Å²) >= 11 is 0. The second-order valence-corrected chi connectivity index (χ2v) is 5.86. The molecule has 2 saturated carbocycles. The molecule has 0 N–H and O–H groups in total. The summed E-state index contributed by atoms with van der Waals surface area (Å²) < 4.78 is 0. The number of aldehydes is 1. The van der Waals surface area contributed by atoms with E-state index >= 15 is 0 Å². The summed E-state index contributed by atoms with van der Waals surface area (Å²) in [5.74, 6) is 1.82. The Morgan fingerprint density at radius 2 is 2.00 bits per heavy atom. The van der Waals surface area contributed by atoms with E-state index in [0.717, 1.165) is 31.2 Å². The molecule has 2 rings (SSSR count). The highest BCUT2D eigenvalue weighted by Crippen LogP contribution is 2.40. The molecule has 0 amide bonds. The Morgan fingerprint density at radius 3 is 2.47 bits per heavy atom. The normalized spacial score (nSPS) is 33.3.